The van der Waals surface area contributed by atoms with E-state index in [0.29, 0.717) is 34.2 Å². The minimum absolute atomic E-state index is 0.446. The second-order valence-electron chi connectivity index (χ2n) is 3.95. The van der Waals surface area contributed by atoms with Crippen LogP contribution in [0.5, 0.6) is 0 Å². The van der Waals surface area contributed by atoms with Crippen LogP contribution in [0.15, 0.2) is 23.2 Å². The highest BCUT2D eigenvalue weighted by Crippen LogP contribution is 2.29. The minimum atomic E-state index is 0.446. The molecule has 0 fully saturated rings. The van der Waals surface area contributed by atoms with Gasteiger partial charge < -0.3 is 5.32 Å². The molecule has 0 aliphatic heterocycles. The first-order chi connectivity index (χ1) is 8.04. The summed E-state index contributed by atoms with van der Waals surface area (Å²) < 4.78 is 0. The van der Waals surface area contributed by atoms with Crippen LogP contribution in [0.3, 0.4) is 0 Å². The molecule has 0 heterocycles. The molecule has 0 aliphatic rings. The monoisotopic (exact) mass is 274 g/mol. The fourth-order valence-electron chi connectivity index (χ4n) is 1.12. The molecule has 0 saturated heterocycles. The molecule has 0 bridgehead atoms. The van der Waals surface area contributed by atoms with Crippen molar-refractivity contribution in [3.63, 3.8) is 0 Å². The predicted octanol–water partition coefficient (Wildman–Crippen LogP) is 2.88. The van der Waals surface area contributed by atoms with Gasteiger partial charge in [0.05, 0.1) is 15.7 Å². The lowest BCUT2D eigenvalue weighted by Crippen LogP contribution is -2.36. The molecule has 4 N–H and O–H groups in total. The number of nitrogens with one attached hydrogen (secondary N) is 2. The largest absolute Gasteiger partial charge is 0.324 e. The van der Waals surface area contributed by atoms with Crippen LogP contribution in [0, 0.1) is 5.92 Å². The molecule has 94 valence electrons. The Bertz CT molecular complexity index is 404. The number of guanidine groups is 1. The number of nitrogens with zero attached hydrogens (tertiary/aromatic N) is 1. The van der Waals surface area contributed by atoms with E-state index in [-0.39, 0.29) is 0 Å². The summed E-state index contributed by atoms with van der Waals surface area (Å²) in [6, 6.07) is 5.32. The average Bonchev–Trinajstić information content (AvgIpc) is 2.29. The molecule has 0 radical (unpaired) electrons. The van der Waals surface area contributed by atoms with E-state index < -0.39 is 0 Å². The molecule has 4 nitrogen and oxygen atoms in total. The number of anilines is 1. The molecular weight excluding hydrogens is 259 g/mol. The van der Waals surface area contributed by atoms with Gasteiger partial charge in [0.25, 0.3) is 0 Å². The zero-order chi connectivity index (χ0) is 12.8. The highest BCUT2D eigenvalue weighted by molar-refractivity contribution is 6.44. The Morgan fingerprint density at radius 1 is 1.41 bits per heavy atom. The number of benzene rings is 1. The van der Waals surface area contributed by atoms with E-state index in [0.717, 1.165) is 0 Å². The maximum Gasteiger partial charge on any atom is 0.210 e. The molecule has 1 aromatic rings. The molecule has 0 atom stereocenters. The fourth-order valence-corrected chi connectivity index (χ4v) is 1.47. The van der Waals surface area contributed by atoms with Crippen molar-refractivity contribution in [2.75, 3.05) is 11.9 Å². The van der Waals surface area contributed by atoms with Crippen LogP contribution >= 0.6 is 23.2 Å². The summed E-state index contributed by atoms with van der Waals surface area (Å²) in [6.45, 7) is 4.82. The third-order valence-electron chi connectivity index (χ3n) is 1.96. The van der Waals surface area contributed by atoms with Gasteiger partial charge in [-0.05, 0) is 18.1 Å². The molecule has 0 spiro atoms. The smallest absolute Gasteiger partial charge is 0.210 e. The van der Waals surface area contributed by atoms with E-state index >= 15 is 0 Å². The van der Waals surface area contributed by atoms with Crippen LogP contribution in [0.4, 0.5) is 5.69 Å². The zero-order valence-corrected chi connectivity index (χ0v) is 11.3. The van der Waals surface area contributed by atoms with Gasteiger partial charge in [-0.15, -0.1) is 0 Å². The summed E-state index contributed by atoms with van der Waals surface area (Å²) in [4.78, 5) is 4.28. The van der Waals surface area contributed by atoms with Crippen LogP contribution < -0.4 is 16.6 Å². The maximum atomic E-state index is 6.04. The zero-order valence-electron chi connectivity index (χ0n) is 9.80. The number of hydrogen-bond donors (Lipinski definition) is 3. The Kier molecular flexibility index (Phi) is 5.55. The number of rotatable bonds is 3. The summed E-state index contributed by atoms with van der Waals surface area (Å²) in [5.41, 5.74) is 3.16. The van der Waals surface area contributed by atoms with Crippen molar-refractivity contribution in [2.24, 2.45) is 16.8 Å². The molecule has 0 unspecified atom stereocenters. The molecule has 0 saturated carbocycles. The van der Waals surface area contributed by atoms with Crippen molar-refractivity contribution in [1.29, 1.82) is 0 Å². The highest BCUT2D eigenvalue weighted by atomic mass is 35.5. The minimum Gasteiger partial charge on any atom is -0.324 e. The van der Waals surface area contributed by atoms with Crippen LogP contribution in [0.2, 0.25) is 10.0 Å². The van der Waals surface area contributed by atoms with Crippen LogP contribution in [0.1, 0.15) is 13.8 Å². The molecule has 0 amide bonds. The van der Waals surface area contributed by atoms with Gasteiger partial charge in [-0.1, -0.05) is 43.1 Å². The third kappa shape index (κ3) is 4.42. The molecule has 1 rings (SSSR count). The van der Waals surface area contributed by atoms with Crippen molar-refractivity contribution in [3.05, 3.63) is 28.2 Å². The molecule has 17 heavy (non-hydrogen) atoms. The van der Waals surface area contributed by atoms with Crippen molar-refractivity contribution in [3.8, 4) is 0 Å². The molecule has 6 heteroatoms. The van der Waals surface area contributed by atoms with E-state index in [2.05, 4.69) is 29.6 Å². The number of nitrogens with two attached hydrogens (primary N) is 1. The summed E-state index contributed by atoms with van der Waals surface area (Å²) in [6.07, 6.45) is 0. The van der Waals surface area contributed by atoms with Crippen LogP contribution in [-0.2, 0) is 0 Å². The lowest BCUT2D eigenvalue weighted by molar-refractivity contribution is 0.663. The van der Waals surface area contributed by atoms with Crippen molar-refractivity contribution in [2.45, 2.75) is 13.8 Å². The topological polar surface area (TPSA) is 62.4 Å². The van der Waals surface area contributed by atoms with Gasteiger partial charge in [-0.3, -0.25) is 10.4 Å². The molecule has 0 aromatic heterocycles. The van der Waals surface area contributed by atoms with Gasteiger partial charge in [0.15, 0.2) is 0 Å². The Labute approximate surface area is 111 Å². The second-order valence-corrected chi connectivity index (χ2v) is 4.74. The van der Waals surface area contributed by atoms with Crippen molar-refractivity contribution in [1.82, 2.24) is 5.43 Å². The summed E-state index contributed by atoms with van der Waals surface area (Å²) >= 11 is 11.9. The molecule has 1 aromatic carbocycles. The van der Waals surface area contributed by atoms with Gasteiger partial charge >= 0.3 is 0 Å². The van der Waals surface area contributed by atoms with Gasteiger partial charge in [0.2, 0.25) is 5.96 Å². The quantitative estimate of drug-likeness (QED) is 0.344. The molecular formula is C11H16Cl2N4. The van der Waals surface area contributed by atoms with E-state index in [1.54, 1.807) is 18.2 Å². The number of hydrazine groups is 1. The first-order valence-electron chi connectivity index (χ1n) is 5.26. The Morgan fingerprint density at radius 2 is 2.12 bits per heavy atom. The van der Waals surface area contributed by atoms with E-state index in [9.17, 15) is 0 Å². The lowest BCUT2D eigenvalue weighted by Gasteiger charge is -2.11. The Balaban J connectivity index is 2.81. The maximum absolute atomic E-state index is 6.04. The lowest BCUT2D eigenvalue weighted by atomic mass is 10.2. The van der Waals surface area contributed by atoms with E-state index in [4.69, 9.17) is 29.0 Å². The van der Waals surface area contributed by atoms with E-state index in [1.807, 2.05) is 0 Å². The van der Waals surface area contributed by atoms with Gasteiger partial charge in [0.1, 0.15) is 0 Å². The Morgan fingerprint density at radius 3 is 2.71 bits per heavy atom. The van der Waals surface area contributed by atoms with E-state index in [1.165, 1.54) is 0 Å². The Hall–Kier alpha value is -0.970. The number of aliphatic imine (C=N–C) groups is 1. The highest BCUT2D eigenvalue weighted by Gasteiger charge is 2.06. The normalized spacial score (nSPS) is 11.8. The summed E-state index contributed by atoms with van der Waals surface area (Å²) in [5.74, 6) is 6.29. The first kappa shape index (κ1) is 14.1. The summed E-state index contributed by atoms with van der Waals surface area (Å²) in [7, 11) is 0. The predicted molar refractivity (Wildman–Crippen MR) is 74.5 cm³/mol. The van der Waals surface area contributed by atoms with Crippen LogP contribution in [-0.4, -0.2) is 12.5 Å². The van der Waals surface area contributed by atoms with Crippen LogP contribution in [0.25, 0.3) is 0 Å². The second kappa shape index (κ2) is 6.69. The SMILES string of the molecule is CC(C)CN=C(NN)Nc1cccc(Cl)c1Cl. The standard InChI is InChI=1S/C11H16Cl2N4/c1-7(2)6-15-11(17-14)16-9-5-3-4-8(12)10(9)13/h3-5,7H,6,14H2,1-2H3,(H2,15,16,17). The summed E-state index contributed by atoms with van der Waals surface area (Å²) in [5, 5.41) is 3.92. The third-order valence-corrected chi connectivity index (χ3v) is 2.77. The van der Waals surface area contributed by atoms with Gasteiger partial charge in [-0.25, -0.2) is 5.84 Å². The fraction of sp³-hybridized carbons (Fsp3) is 0.364. The van der Waals surface area contributed by atoms with Crippen molar-refractivity contribution < 1.29 is 0 Å². The first-order valence-corrected chi connectivity index (χ1v) is 6.02. The number of hydrogen-bond acceptors (Lipinski definition) is 2. The average molecular weight is 275 g/mol. The van der Waals surface area contributed by atoms with Crippen molar-refractivity contribution >= 4 is 34.8 Å². The van der Waals surface area contributed by atoms with Gasteiger partial charge in [-0.2, -0.15) is 0 Å². The number of halogens is 2. The van der Waals surface area contributed by atoms with Gasteiger partial charge in [0, 0.05) is 6.54 Å². The molecule has 0 aliphatic carbocycles.